The van der Waals surface area contributed by atoms with Gasteiger partial charge in [0.2, 0.25) is 0 Å². The summed E-state index contributed by atoms with van der Waals surface area (Å²) in [6.07, 6.45) is 5.07. The summed E-state index contributed by atoms with van der Waals surface area (Å²) in [6, 6.07) is 0. The third kappa shape index (κ3) is 3.26. The molecule has 0 aromatic carbocycles. The number of alkyl halides is 3. The van der Waals surface area contributed by atoms with Gasteiger partial charge in [0.1, 0.15) is 0 Å². The summed E-state index contributed by atoms with van der Waals surface area (Å²) in [6.45, 7) is 4.94. The summed E-state index contributed by atoms with van der Waals surface area (Å²) in [5.74, 6) is 1.89. The predicted molar refractivity (Wildman–Crippen MR) is 118 cm³/mol. The largest absolute Gasteiger partial charge is 0.419 e. The van der Waals surface area contributed by atoms with Crippen molar-refractivity contribution in [2.45, 2.75) is 89.6 Å². The highest BCUT2D eigenvalue weighted by Crippen LogP contribution is 2.70. The Morgan fingerprint density at radius 3 is 2.71 bits per heavy atom. The molecule has 5 aliphatic rings. The van der Waals surface area contributed by atoms with E-state index in [0.29, 0.717) is 23.7 Å². The van der Waals surface area contributed by atoms with Crippen molar-refractivity contribution in [3.8, 4) is 0 Å². The van der Waals surface area contributed by atoms with E-state index in [1.807, 2.05) is 6.92 Å². The standard InChI is InChI=1S/C26H35F3N2O3/c1-23(33)7-8-25-14-34-22(20(25)10-23)9-16-17-3-4-19(24(17,2)6-5-18(16)25)21(32)13-31-12-15(11-30-31)26(27,28)29/h11-12,16-20,22,33H,3-10,13-14H2,1-2H3/t16-,17-,18?,19+,20?,22+,23+,24-,25?/m0/s1. The molecular weight excluding hydrogens is 445 g/mol. The molecule has 1 N–H and O–H groups in total. The van der Waals surface area contributed by atoms with Crippen LogP contribution >= 0.6 is 0 Å². The fourth-order valence-electron chi connectivity index (χ4n) is 9.32. The lowest BCUT2D eigenvalue weighted by molar-refractivity contribution is -0.145. The molecule has 8 heteroatoms. The van der Waals surface area contributed by atoms with Crippen LogP contribution in [0.4, 0.5) is 13.2 Å². The molecule has 1 saturated heterocycles. The third-order valence-corrected chi connectivity index (χ3v) is 10.9. The van der Waals surface area contributed by atoms with E-state index in [0.717, 1.165) is 75.0 Å². The Hall–Kier alpha value is -1.41. The molecule has 1 aliphatic heterocycles. The van der Waals surface area contributed by atoms with E-state index in [1.54, 1.807) is 0 Å². The van der Waals surface area contributed by atoms with Gasteiger partial charge in [0.15, 0.2) is 5.78 Å². The van der Waals surface area contributed by atoms with Crippen LogP contribution in [0.15, 0.2) is 12.4 Å². The maximum atomic E-state index is 13.3. The van der Waals surface area contributed by atoms with Gasteiger partial charge in [-0.25, -0.2) is 0 Å². The summed E-state index contributed by atoms with van der Waals surface area (Å²) in [4.78, 5) is 13.3. The van der Waals surface area contributed by atoms with Gasteiger partial charge in [0, 0.05) is 17.5 Å². The van der Waals surface area contributed by atoms with Crippen molar-refractivity contribution in [3.05, 3.63) is 18.0 Å². The van der Waals surface area contributed by atoms with E-state index in [1.165, 1.54) is 0 Å². The lowest BCUT2D eigenvalue weighted by atomic mass is 9.44. The highest BCUT2D eigenvalue weighted by Gasteiger charge is 2.67. The molecule has 2 bridgehead atoms. The molecule has 4 saturated carbocycles. The topological polar surface area (TPSA) is 64.3 Å². The zero-order chi connectivity index (χ0) is 24.1. The van der Waals surface area contributed by atoms with Crippen molar-refractivity contribution in [3.63, 3.8) is 0 Å². The van der Waals surface area contributed by atoms with Gasteiger partial charge in [0.05, 0.1) is 36.6 Å². The first-order valence-corrected chi connectivity index (χ1v) is 12.9. The normalized spacial score (nSPS) is 47.7. The number of ketones is 1. The van der Waals surface area contributed by atoms with Gasteiger partial charge in [0.25, 0.3) is 0 Å². The zero-order valence-corrected chi connectivity index (χ0v) is 20.0. The second-order valence-corrected chi connectivity index (χ2v) is 12.6. The quantitative estimate of drug-likeness (QED) is 0.671. The van der Waals surface area contributed by atoms with Crippen LogP contribution < -0.4 is 0 Å². The average molecular weight is 481 g/mol. The maximum absolute atomic E-state index is 13.3. The molecule has 188 valence electrons. The van der Waals surface area contributed by atoms with Crippen LogP contribution in [0.2, 0.25) is 0 Å². The molecule has 1 aromatic rings. The highest BCUT2D eigenvalue weighted by molar-refractivity contribution is 5.82. The average Bonchev–Trinajstić information content (AvgIpc) is 3.41. The number of hydrogen-bond donors (Lipinski definition) is 1. The predicted octanol–water partition coefficient (Wildman–Crippen LogP) is 4.87. The Labute approximate surface area is 198 Å². The first-order chi connectivity index (χ1) is 15.9. The number of ether oxygens (including phenoxy) is 1. The Morgan fingerprint density at radius 2 is 1.97 bits per heavy atom. The number of aromatic nitrogens is 2. The Balaban J connectivity index is 1.21. The molecule has 0 spiro atoms. The number of fused-ring (bicyclic) bond motifs is 3. The molecule has 34 heavy (non-hydrogen) atoms. The van der Waals surface area contributed by atoms with Crippen LogP contribution in [0, 0.1) is 40.4 Å². The first kappa shape index (κ1) is 23.0. The minimum atomic E-state index is -4.45. The fourth-order valence-corrected chi connectivity index (χ4v) is 9.32. The Kier molecular flexibility index (Phi) is 4.95. The molecule has 5 nitrogen and oxygen atoms in total. The van der Waals surface area contributed by atoms with E-state index < -0.39 is 17.3 Å². The van der Waals surface area contributed by atoms with Crippen molar-refractivity contribution < 1.29 is 27.8 Å². The number of halogens is 3. The van der Waals surface area contributed by atoms with Crippen LogP contribution in [0.1, 0.15) is 70.8 Å². The maximum Gasteiger partial charge on any atom is 0.419 e. The second-order valence-electron chi connectivity index (χ2n) is 12.6. The minimum absolute atomic E-state index is 0.0139. The summed E-state index contributed by atoms with van der Waals surface area (Å²) < 4.78 is 46.4. The van der Waals surface area contributed by atoms with Gasteiger partial charge in [-0.1, -0.05) is 6.92 Å². The van der Waals surface area contributed by atoms with E-state index in [9.17, 15) is 23.1 Å². The highest BCUT2D eigenvalue weighted by atomic mass is 19.4. The molecule has 3 unspecified atom stereocenters. The van der Waals surface area contributed by atoms with Crippen LogP contribution in [0.25, 0.3) is 0 Å². The van der Waals surface area contributed by atoms with E-state index in [-0.39, 0.29) is 35.2 Å². The second kappa shape index (κ2) is 7.31. The summed E-state index contributed by atoms with van der Waals surface area (Å²) >= 11 is 0. The van der Waals surface area contributed by atoms with E-state index >= 15 is 0 Å². The summed E-state index contributed by atoms with van der Waals surface area (Å²) in [5.41, 5.74) is -1.35. The van der Waals surface area contributed by atoms with Crippen molar-refractivity contribution >= 4 is 5.78 Å². The van der Waals surface area contributed by atoms with Gasteiger partial charge in [-0.3, -0.25) is 9.48 Å². The van der Waals surface area contributed by atoms with Crippen molar-refractivity contribution in [1.82, 2.24) is 9.78 Å². The third-order valence-electron chi connectivity index (χ3n) is 10.9. The number of Topliss-reactive ketones (excluding diaryl/α,β-unsaturated/α-hetero) is 1. The lowest BCUT2D eigenvalue weighted by Gasteiger charge is -2.60. The van der Waals surface area contributed by atoms with Crippen molar-refractivity contribution in [2.75, 3.05) is 6.61 Å². The van der Waals surface area contributed by atoms with Crippen molar-refractivity contribution in [2.24, 2.45) is 40.4 Å². The molecule has 4 aliphatic carbocycles. The first-order valence-electron chi connectivity index (χ1n) is 12.9. The number of nitrogens with zero attached hydrogens (tertiary/aromatic N) is 2. The van der Waals surface area contributed by atoms with Gasteiger partial charge in [-0.05, 0) is 87.4 Å². The number of rotatable bonds is 3. The molecule has 0 amide bonds. The van der Waals surface area contributed by atoms with Crippen LogP contribution in [0.5, 0.6) is 0 Å². The van der Waals surface area contributed by atoms with Crippen molar-refractivity contribution in [1.29, 1.82) is 0 Å². The van der Waals surface area contributed by atoms with Gasteiger partial charge < -0.3 is 9.84 Å². The number of carbonyl (C=O) groups excluding carboxylic acids is 1. The molecule has 5 fully saturated rings. The molecule has 6 rings (SSSR count). The number of hydrogen-bond acceptors (Lipinski definition) is 4. The zero-order valence-electron chi connectivity index (χ0n) is 20.0. The Morgan fingerprint density at radius 1 is 1.18 bits per heavy atom. The summed E-state index contributed by atoms with van der Waals surface area (Å²) in [5, 5.41) is 14.6. The van der Waals surface area contributed by atoms with Gasteiger partial charge in [-0.2, -0.15) is 18.3 Å². The van der Waals surface area contributed by atoms with Crippen LogP contribution in [0.3, 0.4) is 0 Å². The number of carbonyl (C=O) groups is 1. The SMILES string of the molecule is C[C@@]1(O)CCC23CO[C@H](C[C@@H]4C2CC[C@]2(C)[C@@H](C(=O)Cn5cc(C(F)(F)F)cn5)CC[C@@H]42)C3C1. The van der Waals surface area contributed by atoms with Gasteiger partial charge in [-0.15, -0.1) is 0 Å². The fraction of sp³-hybridized carbons (Fsp3) is 0.846. The van der Waals surface area contributed by atoms with E-state index in [2.05, 4.69) is 12.0 Å². The van der Waals surface area contributed by atoms with Crippen LogP contribution in [-0.4, -0.2) is 39.0 Å². The monoisotopic (exact) mass is 480 g/mol. The molecule has 2 heterocycles. The van der Waals surface area contributed by atoms with Crippen LogP contribution in [-0.2, 0) is 22.3 Å². The summed E-state index contributed by atoms with van der Waals surface area (Å²) in [7, 11) is 0. The molecule has 0 radical (unpaired) electrons. The van der Waals surface area contributed by atoms with Gasteiger partial charge >= 0.3 is 6.18 Å². The smallest absolute Gasteiger partial charge is 0.390 e. The molecular formula is C26H35F3N2O3. The van der Waals surface area contributed by atoms with E-state index in [4.69, 9.17) is 4.74 Å². The molecule has 1 aromatic heterocycles. The molecule has 9 atom stereocenters. The lowest BCUT2D eigenvalue weighted by Crippen LogP contribution is -2.58. The Bertz CT molecular complexity index is 990. The minimum Gasteiger partial charge on any atom is -0.390 e. The number of aliphatic hydroxyl groups is 1.